The predicted molar refractivity (Wildman–Crippen MR) is 83.9 cm³/mol. The van der Waals surface area contributed by atoms with Crippen LogP contribution in [-0.4, -0.2) is 23.6 Å². The third kappa shape index (κ3) is 3.56. The normalized spacial score (nSPS) is 23.7. The second-order valence-corrected chi connectivity index (χ2v) is 6.01. The Morgan fingerprint density at radius 1 is 1.41 bits per heavy atom. The topological polar surface area (TPSA) is 75.3 Å². The van der Waals surface area contributed by atoms with Crippen LogP contribution in [0.1, 0.15) is 43.7 Å². The van der Waals surface area contributed by atoms with E-state index in [0.29, 0.717) is 12.6 Å². The summed E-state index contributed by atoms with van der Waals surface area (Å²) in [6.45, 7) is 3.99. The van der Waals surface area contributed by atoms with E-state index in [2.05, 4.69) is 27.2 Å². The summed E-state index contributed by atoms with van der Waals surface area (Å²) in [6, 6.07) is 2.67. The highest BCUT2D eigenvalue weighted by Crippen LogP contribution is 2.26. The van der Waals surface area contributed by atoms with Crippen molar-refractivity contribution in [3.63, 3.8) is 0 Å². The van der Waals surface area contributed by atoms with Gasteiger partial charge in [0, 0.05) is 30.9 Å². The van der Waals surface area contributed by atoms with Gasteiger partial charge in [-0.1, -0.05) is 0 Å². The van der Waals surface area contributed by atoms with Crippen molar-refractivity contribution >= 4 is 11.8 Å². The maximum Gasteiger partial charge on any atom is 0.308 e. The molecule has 22 heavy (non-hydrogen) atoms. The molecule has 3 rings (SSSR count). The lowest BCUT2D eigenvalue weighted by molar-refractivity contribution is -0.149. The number of pyridine rings is 1. The first-order valence-electron chi connectivity index (χ1n) is 8.13. The maximum absolute atomic E-state index is 11.7. The number of carbonyl (C=O) groups excluding carboxylic acids is 1. The molecule has 1 fully saturated rings. The Balaban J connectivity index is 1.44. The minimum Gasteiger partial charge on any atom is -0.466 e. The summed E-state index contributed by atoms with van der Waals surface area (Å²) in [5.41, 5.74) is 8.52. The van der Waals surface area contributed by atoms with E-state index in [1.54, 1.807) is 0 Å². The maximum atomic E-state index is 11.7. The molecule has 0 bridgehead atoms. The van der Waals surface area contributed by atoms with Gasteiger partial charge in [0.05, 0.1) is 12.5 Å². The molecule has 0 amide bonds. The highest BCUT2D eigenvalue weighted by Gasteiger charge is 2.26. The van der Waals surface area contributed by atoms with Crippen LogP contribution in [0.15, 0.2) is 12.3 Å². The van der Waals surface area contributed by atoms with Crippen LogP contribution in [-0.2, 0) is 22.6 Å². The van der Waals surface area contributed by atoms with Crippen LogP contribution in [0.2, 0.25) is 0 Å². The van der Waals surface area contributed by atoms with Crippen LogP contribution in [0.25, 0.3) is 0 Å². The van der Waals surface area contributed by atoms with E-state index in [0.717, 1.165) is 44.6 Å². The fourth-order valence-electron chi connectivity index (χ4n) is 3.18. The van der Waals surface area contributed by atoms with Gasteiger partial charge >= 0.3 is 5.97 Å². The number of ether oxygens (including phenoxy) is 1. The van der Waals surface area contributed by atoms with Crippen molar-refractivity contribution in [3.05, 3.63) is 23.4 Å². The lowest BCUT2D eigenvalue weighted by Crippen LogP contribution is -2.35. The number of anilines is 1. The molecule has 0 spiro atoms. The fraction of sp³-hybridized carbons (Fsp3) is 0.625. The van der Waals surface area contributed by atoms with Gasteiger partial charge in [-0.3, -0.25) is 4.79 Å². The van der Waals surface area contributed by atoms with Crippen LogP contribution in [0.4, 0.5) is 5.82 Å². The minimum atomic E-state index is -0.0243. The number of nitrogens with one attached hydrogen (secondary N) is 3. The molecule has 0 unspecified atom stereocenters. The lowest BCUT2D eigenvalue weighted by atomic mass is 9.86. The Morgan fingerprint density at radius 3 is 3.00 bits per heavy atom. The average molecular weight is 304 g/mol. The minimum absolute atomic E-state index is 0.0243. The predicted octanol–water partition coefficient (Wildman–Crippen LogP) is 1.72. The standard InChI is InChI=1S/C16H24N4O2/c1-2-22-16(21)12-3-5-14(6-4-12)17-8-11-7-13-10-19-20-15(13)18-9-11/h7,9,12,14,17,19H,2-6,8,10H2,1H3,(H,18,20). The van der Waals surface area contributed by atoms with Gasteiger partial charge in [-0.15, -0.1) is 0 Å². The van der Waals surface area contributed by atoms with Crippen molar-refractivity contribution in [2.75, 3.05) is 12.0 Å². The number of hydrogen-bond acceptors (Lipinski definition) is 6. The van der Waals surface area contributed by atoms with Gasteiger partial charge in [-0.25, -0.2) is 10.4 Å². The smallest absolute Gasteiger partial charge is 0.308 e. The average Bonchev–Trinajstić information content (AvgIpc) is 3.01. The number of rotatable bonds is 5. The molecule has 6 heteroatoms. The van der Waals surface area contributed by atoms with Crippen molar-refractivity contribution < 1.29 is 9.53 Å². The Hall–Kier alpha value is -1.66. The zero-order chi connectivity index (χ0) is 15.4. The molecule has 0 saturated heterocycles. The summed E-state index contributed by atoms with van der Waals surface area (Å²) in [6.07, 6.45) is 5.82. The molecule has 0 aromatic carbocycles. The molecule has 1 aromatic heterocycles. The van der Waals surface area contributed by atoms with E-state index in [4.69, 9.17) is 4.74 Å². The van der Waals surface area contributed by atoms with E-state index in [9.17, 15) is 4.79 Å². The van der Waals surface area contributed by atoms with Gasteiger partial charge in [0.1, 0.15) is 5.82 Å². The summed E-state index contributed by atoms with van der Waals surface area (Å²) in [5.74, 6) is 0.999. The summed E-state index contributed by atoms with van der Waals surface area (Å²) >= 11 is 0. The lowest BCUT2D eigenvalue weighted by Gasteiger charge is -2.28. The third-order valence-corrected chi connectivity index (χ3v) is 4.45. The highest BCUT2D eigenvalue weighted by atomic mass is 16.5. The van der Waals surface area contributed by atoms with Crippen LogP contribution in [0, 0.1) is 5.92 Å². The number of carbonyl (C=O) groups is 1. The molecule has 2 heterocycles. The van der Waals surface area contributed by atoms with Crippen LogP contribution >= 0.6 is 0 Å². The first-order chi connectivity index (χ1) is 10.8. The van der Waals surface area contributed by atoms with Crippen molar-refractivity contribution in [2.24, 2.45) is 5.92 Å². The highest BCUT2D eigenvalue weighted by molar-refractivity contribution is 5.72. The molecule has 1 aliphatic heterocycles. The second kappa shape index (κ2) is 7.07. The number of esters is 1. The Kier molecular flexibility index (Phi) is 4.90. The monoisotopic (exact) mass is 304 g/mol. The van der Waals surface area contributed by atoms with Crippen molar-refractivity contribution in [2.45, 2.75) is 51.7 Å². The molecule has 1 saturated carbocycles. The summed E-state index contributed by atoms with van der Waals surface area (Å²) < 4.78 is 5.11. The first kappa shape index (κ1) is 15.2. The van der Waals surface area contributed by atoms with Gasteiger partial charge in [0.15, 0.2) is 0 Å². The largest absolute Gasteiger partial charge is 0.466 e. The van der Waals surface area contributed by atoms with E-state index in [1.165, 1.54) is 11.1 Å². The zero-order valence-electron chi connectivity index (χ0n) is 13.0. The summed E-state index contributed by atoms with van der Waals surface area (Å²) in [4.78, 5) is 16.1. The van der Waals surface area contributed by atoms with Gasteiger partial charge in [0.2, 0.25) is 0 Å². The number of fused-ring (bicyclic) bond motifs is 1. The fourth-order valence-corrected chi connectivity index (χ4v) is 3.18. The van der Waals surface area contributed by atoms with Gasteiger partial charge in [-0.2, -0.15) is 0 Å². The van der Waals surface area contributed by atoms with Crippen molar-refractivity contribution in [1.82, 2.24) is 15.7 Å². The van der Waals surface area contributed by atoms with Crippen molar-refractivity contribution in [1.29, 1.82) is 0 Å². The number of hydrogen-bond donors (Lipinski definition) is 3. The molecule has 3 N–H and O–H groups in total. The van der Waals surface area contributed by atoms with Crippen LogP contribution in [0.3, 0.4) is 0 Å². The number of hydrazine groups is 1. The van der Waals surface area contributed by atoms with E-state index < -0.39 is 0 Å². The molecule has 1 aliphatic carbocycles. The molecule has 1 aromatic rings. The summed E-state index contributed by atoms with van der Waals surface area (Å²) in [7, 11) is 0. The molecule has 0 atom stereocenters. The molecule has 120 valence electrons. The third-order valence-electron chi connectivity index (χ3n) is 4.45. The molecular weight excluding hydrogens is 280 g/mol. The van der Waals surface area contributed by atoms with Crippen LogP contribution < -0.4 is 16.2 Å². The second-order valence-electron chi connectivity index (χ2n) is 6.01. The van der Waals surface area contributed by atoms with Gasteiger partial charge in [0.25, 0.3) is 0 Å². The number of aromatic nitrogens is 1. The van der Waals surface area contributed by atoms with Gasteiger partial charge in [-0.05, 0) is 44.2 Å². The van der Waals surface area contributed by atoms with E-state index in [-0.39, 0.29) is 11.9 Å². The molecule has 6 nitrogen and oxygen atoms in total. The molecule has 2 aliphatic rings. The Bertz CT molecular complexity index is 527. The first-order valence-corrected chi connectivity index (χ1v) is 8.13. The molecular formula is C16H24N4O2. The van der Waals surface area contributed by atoms with Gasteiger partial charge < -0.3 is 15.5 Å². The quantitative estimate of drug-likeness (QED) is 0.719. The molecule has 0 radical (unpaired) electrons. The SMILES string of the molecule is CCOC(=O)C1CCC(NCc2cnc3c(c2)CNN3)CC1. The van der Waals surface area contributed by atoms with E-state index in [1.807, 2.05) is 13.1 Å². The zero-order valence-corrected chi connectivity index (χ0v) is 13.0. The van der Waals surface area contributed by atoms with Crippen molar-refractivity contribution in [3.8, 4) is 0 Å². The van der Waals surface area contributed by atoms with E-state index >= 15 is 0 Å². The number of nitrogens with zero attached hydrogens (tertiary/aromatic N) is 1. The Morgan fingerprint density at radius 2 is 2.23 bits per heavy atom. The van der Waals surface area contributed by atoms with Crippen LogP contribution in [0.5, 0.6) is 0 Å². The summed E-state index contributed by atoms with van der Waals surface area (Å²) in [5, 5.41) is 3.59. The Labute approximate surface area is 131 Å².